The minimum Gasteiger partial charge on any atom is -0.473 e. The second-order valence-electron chi connectivity index (χ2n) is 7.17. The third kappa shape index (κ3) is 3.21. The number of nitrogens with zero attached hydrogens (tertiary/aromatic N) is 2. The number of aromatic nitrogens is 3. The van der Waals surface area contributed by atoms with Gasteiger partial charge in [-0.1, -0.05) is 0 Å². The molecule has 2 fully saturated rings. The van der Waals surface area contributed by atoms with Crippen LogP contribution in [0.3, 0.4) is 0 Å². The van der Waals surface area contributed by atoms with Crippen molar-refractivity contribution in [3.63, 3.8) is 0 Å². The number of aromatic amines is 1. The van der Waals surface area contributed by atoms with Crippen molar-refractivity contribution in [2.24, 2.45) is 5.92 Å². The average Bonchev–Trinajstić information content (AvgIpc) is 3.16. The highest BCUT2D eigenvalue weighted by atomic mass is 19.4. The average molecular weight is 406 g/mol. The van der Waals surface area contributed by atoms with E-state index in [-0.39, 0.29) is 11.8 Å². The van der Waals surface area contributed by atoms with E-state index in [4.69, 9.17) is 4.74 Å². The fourth-order valence-corrected chi connectivity index (χ4v) is 4.14. The molecule has 4 rings (SSSR count). The molecule has 28 heavy (non-hydrogen) atoms. The van der Waals surface area contributed by atoms with Gasteiger partial charge in [0.1, 0.15) is 6.10 Å². The minimum atomic E-state index is -4.60. The van der Waals surface area contributed by atoms with Gasteiger partial charge in [-0.25, -0.2) is 5.10 Å². The lowest BCUT2D eigenvalue weighted by Crippen LogP contribution is -2.55. The number of H-pyrrole nitrogens is 1. The third-order valence-electron chi connectivity index (χ3n) is 5.48. The van der Waals surface area contributed by atoms with Gasteiger partial charge in [0.25, 0.3) is 0 Å². The van der Waals surface area contributed by atoms with Gasteiger partial charge in [-0.3, -0.25) is 4.98 Å². The van der Waals surface area contributed by atoms with Crippen LogP contribution in [0.4, 0.5) is 26.3 Å². The lowest BCUT2D eigenvalue weighted by molar-refractivity contribution is -0.141. The molecule has 2 aromatic rings. The quantitative estimate of drug-likeness (QED) is 0.766. The zero-order chi connectivity index (χ0) is 20.2. The Labute approximate surface area is 155 Å². The van der Waals surface area contributed by atoms with Crippen LogP contribution in [-0.4, -0.2) is 34.4 Å². The van der Waals surface area contributed by atoms with E-state index in [1.807, 2.05) is 0 Å². The monoisotopic (exact) mass is 406 g/mol. The zero-order valence-electron chi connectivity index (χ0n) is 14.4. The molecular formula is C17H16F6N4O. The number of piperidine rings is 1. The number of fused-ring (bicyclic) bond motifs is 2. The number of nitrogens with one attached hydrogen (secondary N) is 2. The summed E-state index contributed by atoms with van der Waals surface area (Å²) in [5.74, 6) is -0.127. The second-order valence-corrected chi connectivity index (χ2v) is 7.17. The molecule has 2 aliphatic rings. The Bertz CT molecular complexity index is 843. The van der Waals surface area contributed by atoms with Gasteiger partial charge in [-0.2, -0.15) is 31.4 Å². The number of rotatable bonds is 3. The van der Waals surface area contributed by atoms with Crippen molar-refractivity contribution in [1.29, 1.82) is 0 Å². The molecule has 0 amide bonds. The standard InChI is InChI=1S/C17H16F6N4O/c18-16(19,20)10-1-2-11(25-7-10)15-4-3-9(6-24-8-15)14(15)28-13-5-12(26-27-13)17(21,22)23/h1-2,5,7,9,14,24H,3-4,6,8H2,(H,26,27)/t9?,14-,15?/m0/s1. The van der Waals surface area contributed by atoms with E-state index in [1.54, 1.807) is 0 Å². The van der Waals surface area contributed by atoms with Gasteiger partial charge in [0.15, 0.2) is 5.69 Å². The highest BCUT2D eigenvalue weighted by molar-refractivity contribution is 5.30. The van der Waals surface area contributed by atoms with Crippen LogP contribution in [0.1, 0.15) is 29.8 Å². The van der Waals surface area contributed by atoms with Crippen molar-refractivity contribution in [3.8, 4) is 5.88 Å². The molecule has 0 aromatic carbocycles. The Morgan fingerprint density at radius 2 is 1.89 bits per heavy atom. The molecule has 0 spiro atoms. The molecule has 1 aliphatic carbocycles. The van der Waals surface area contributed by atoms with Gasteiger partial charge in [-0.05, 0) is 25.0 Å². The number of ether oxygens (including phenoxy) is 1. The summed E-state index contributed by atoms with van der Waals surface area (Å²) in [5, 5.41) is 8.70. The molecule has 0 radical (unpaired) electrons. The van der Waals surface area contributed by atoms with Crippen LogP contribution in [0.15, 0.2) is 24.4 Å². The van der Waals surface area contributed by atoms with Crippen LogP contribution in [0.25, 0.3) is 0 Å². The highest BCUT2D eigenvalue weighted by Gasteiger charge is 2.55. The van der Waals surface area contributed by atoms with Gasteiger partial charge in [0, 0.05) is 31.3 Å². The zero-order valence-corrected chi connectivity index (χ0v) is 14.4. The number of alkyl halides is 6. The van der Waals surface area contributed by atoms with Crippen LogP contribution in [0.5, 0.6) is 5.88 Å². The third-order valence-corrected chi connectivity index (χ3v) is 5.48. The van der Waals surface area contributed by atoms with E-state index >= 15 is 0 Å². The Morgan fingerprint density at radius 3 is 2.50 bits per heavy atom. The summed E-state index contributed by atoms with van der Waals surface area (Å²) in [6, 6.07) is 3.08. The van der Waals surface area contributed by atoms with E-state index in [0.29, 0.717) is 25.2 Å². The lowest BCUT2D eigenvalue weighted by Gasteiger charge is -2.40. The van der Waals surface area contributed by atoms with Crippen molar-refractivity contribution >= 4 is 0 Å². The summed E-state index contributed by atoms with van der Waals surface area (Å²) in [6.45, 7) is 1.01. The van der Waals surface area contributed by atoms with Crippen LogP contribution < -0.4 is 10.1 Å². The van der Waals surface area contributed by atoms with E-state index in [1.165, 1.54) is 6.07 Å². The molecule has 2 N–H and O–H groups in total. The Hall–Kier alpha value is -2.30. The van der Waals surface area contributed by atoms with E-state index in [0.717, 1.165) is 24.8 Å². The molecule has 152 valence electrons. The fourth-order valence-electron chi connectivity index (χ4n) is 4.14. The maximum atomic E-state index is 12.8. The van der Waals surface area contributed by atoms with Gasteiger partial charge < -0.3 is 10.1 Å². The summed E-state index contributed by atoms with van der Waals surface area (Å²) in [4.78, 5) is 4.03. The minimum absolute atomic E-state index is 0.00419. The number of pyridine rings is 1. The topological polar surface area (TPSA) is 62.8 Å². The Morgan fingerprint density at radius 1 is 1.11 bits per heavy atom. The van der Waals surface area contributed by atoms with Crippen LogP contribution in [-0.2, 0) is 17.8 Å². The SMILES string of the molecule is FC(F)(F)c1ccc(C23CCC(CNC2)[C@@H]3Oc2cc(C(F)(F)F)n[nH]2)nc1. The predicted molar refractivity (Wildman–Crippen MR) is 84.5 cm³/mol. The molecule has 3 atom stereocenters. The number of hydrogen-bond acceptors (Lipinski definition) is 4. The summed E-state index contributed by atoms with van der Waals surface area (Å²) >= 11 is 0. The van der Waals surface area contributed by atoms with Crippen molar-refractivity contribution < 1.29 is 31.1 Å². The highest BCUT2D eigenvalue weighted by Crippen LogP contribution is 2.47. The number of hydrogen-bond donors (Lipinski definition) is 2. The molecule has 2 bridgehead atoms. The molecule has 2 aromatic heterocycles. The normalized spacial score (nSPS) is 27.8. The van der Waals surface area contributed by atoms with Crippen molar-refractivity contribution in [1.82, 2.24) is 20.5 Å². The first-order chi connectivity index (χ1) is 13.1. The molecule has 1 saturated carbocycles. The van der Waals surface area contributed by atoms with E-state index in [9.17, 15) is 26.3 Å². The summed E-state index contributed by atoms with van der Waals surface area (Å²) in [6.07, 6.45) is -7.51. The van der Waals surface area contributed by atoms with Crippen LogP contribution in [0, 0.1) is 5.92 Å². The van der Waals surface area contributed by atoms with Crippen LogP contribution >= 0.6 is 0 Å². The van der Waals surface area contributed by atoms with Gasteiger partial charge >= 0.3 is 12.4 Å². The predicted octanol–water partition coefficient (Wildman–Crippen LogP) is 3.54. The first kappa shape index (κ1) is 19.0. The van der Waals surface area contributed by atoms with Crippen molar-refractivity contribution in [2.45, 2.75) is 36.7 Å². The van der Waals surface area contributed by atoms with Gasteiger partial charge in [0.2, 0.25) is 5.88 Å². The summed E-state index contributed by atoms with van der Waals surface area (Å²) in [5.41, 5.74) is -2.25. The van der Waals surface area contributed by atoms with Gasteiger partial charge in [0.05, 0.1) is 16.7 Å². The summed E-state index contributed by atoms with van der Waals surface area (Å²) < 4.78 is 82.7. The second kappa shape index (κ2) is 6.36. The smallest absolute Gasteiger partial charge is 0.435 e. The molecule has 11 heteroatoms. The first-order valence-electron chi connectivity index (χ1n) is 8.63. The van der Waals surface area contributed by atoms with Crippen molar-refractivity contribution in [2.75, 3.05) is 13.1 Å². The van der Waals surface area contributed by atoms with Crippen molar-refractivity contribution in [3.05, 3.63) is 41.3 Å². The fraction of sp³-hybridized carbons (Fsp3) is 0.529. The molecule has 2 unspecified atom stereocenters. The largest absolute Gasteiger partial charge is 0.473 e. The van der Waals surface area contributed by atoms with E-state index in [2.05, 4.69) is 20.5 Å². The summed E-state index contributed by atoms with van der Waals surface area (Å²) in [7, 11) is 0. The molecule has 5 nitrogen and oxygen atoms in total. The maximum absolute atomic E-state index is 12.8. The Balaban J connectivity index is 1.64. The molecule has 1 saturated heterocycles. The van der Waals surface area contributed by atoms with Crippen LogP contribution in [0.2, 0.25) is 0 Å². The number of halogens is 6. The lowest BCUT2D eigenvalue weighted by atomic mass is 9.76. The van der Waals surface area contributed by atoms with Gasteiger partial charge in [-0.15, -0.1) is 0 Å². The maximum Gasteiger partial charge on any atom is 0.435 e. The first-order valence-corrected chi connectivity index (χ1v) is 8.63. The van der Waals surface area contributed by atoms with E-state index < -0.39 is 35.1 Å². The Kier molecular flexibility index (Phi) is 4.32. The molecule has 3 heterocycles. The molecular weight excluding hydrogens is 390 g/mol. The molecule has 1 aliphatic heterocycles.